The molecule has 0 aliphatic heterocycles. The van der Waals surface area contributed by atoms with Gasteiger partial charge in [-0.1, -0.05) is 28.1 Å². The molecule has 0 saturated heterocycles. The fourth-order valence-corrected chi connectivity index (χ4v) is 1.51. The number of para-hydroxylation sites is 1. The van der Waals surface area contributed by atoms with Crippen LogP contribution >= 0.6 is 15.9 Å². The van der Waals surface area contributed by atoms with E-state index in [0.717, 1.165) is 5.56 Å². The molecule has 1 aromatic carbocycles. The standard InChI is InChI=1S/C8H9BrF2N2O/c9-4-5-2-1-3-6(7(5)13-12)14-8(10)11/h1-3,8,13H,4,12H2. The molecule has 3 nitrogen and oxygen atoms in total. The van der Waals surface area contributed by atoms with E-state index in [2.05, 4.69) is 26.1 Å². The van der Waals surface area contributed by atoms with Gasteiger partial charge in [0, 0.05) is 5.33 Å². The first-order valence-electron chi connectivity index (χ1n) is 3.78. The van der Waals surface area contributed by atoms with Gasteiger partial charge < -0.3 is 10.2 Å². The van der Waals surface area contributed by atoms with Gasteiger partial charge in [0.15, 0.2) is 5.75 Å². The van der Waals surface area contributed by atoms with E-state index in [4.69, 9.17) is 5.84 Å². The van der Waals surface area contributed by atoms with Crippen molar-refractivity contribution in [3.8, 4) is 5.75 Å². The minimum Gasteiger partial charge on any atom is -0.433 e. The zero-order valence-corrected chi connectivity index (χ0v) is 8.72. The van der Waals surface area contributed by atoms with E-state index in [9.17, 15) is 8.78 Å². The molecular formula is C8H9BrF2N2O. The molecule has 0 aliphatic carbocycles. The van der Waals surface area contributed by atoms with Gasteiger partial charge in [0.2, 0.25) is 0 Å². The number of nitrogens with one attached hydrogen (secondary N) is 1. The summed E-state index contributed by atoms with van der Waals surface area (Å²) in [5, 5.41) is 0.507. The lowest BCUT2D eigenvalue weighted by atomic mass is 10.2. The first kappa shape index (κ1) is 11.2. The zero-order valence-electron chi connectivity index (χ0n) is 7.14. The highest BCUT2D eigenvalue weighted by molar-refractivity contribution is 9.08. The summed E-state index contributed by atoms with van der Waals surface area (Å²) in [6.45, 7) is -2.85. The highest BCUT2D eigenvalue weighted by Gasteiger charge is 2.11. The molecule has 1 aromatic rings. The summed E-state index contributed by atoms with van der Waals surface area (Å²) in [4.78, 5) is 0. The molecule has 78 valence electrons. The van der Waals surface area contributed by atoms with Gasteiger partial charge >= 0.3 is 6.61 Å². The Bertz CT molecular complexity index is 309. The summed E-state index contributed by atoms with van der Waals surface area (Å²) in [6.07, 6.45) is 0. The predicted octanol–water partition coefficient (Wildman–Crippen LogP) is 2.47. The topological polar surface area (TPSA) is 47.3 Å². The highest BCUT2D eigenvalue weighted by Crippen LogP contribution is 2.30. The summed E-state index contributed by atoms with van der Waals surface area (Å²) in [5.74, 6) is 5.25. The Balaban J connectivity index is 3.02. The van der Waals surface area contributed by atoms with Gasteiger partial charge in [-0.25, -0.2) is 0 Å². The molecule has 1 rings (SSSR count). The molecule has 0 bridgehead atoms. The van der Waals surface area contributed by atoms with Crippen molar-refractivity contribution in [3.63, 3.8) is 0 Å². The maximum atomic E-state index is 12.0. The van der Waals surface area contributed by atoms with Crippen LogP contribution < -0.4 is 16.0 Å². The minimum absolute atomic E-state index is 0.0412. The molecule has 0 atom stereocenters. The van der Waals surface area contributed by atoms with Crippen LogP contribution in [-0.2, 0) is 5.33 Å². The van der Waals surface area contributed by atoms with Crippen LogP contribution in [0.2, 0.25) is 0 Å². The molecule has 6 heteroatoms. The number of nitrogens with two attached hydrogens (primary N) is 1. The van der Waals surface area contributed by atoms with Crippen molar-refractivity contribution in [2.45, 2.75) is 11.9 Å². The SMILES string of the molecule is NNc1c(CBr)cccc1OC(F)F. The van der Waals surface area contributed by atoms with Crippen LogP contribution in [0.15, 0.2) is 18.2 Å². The van der Waals surface area contributed by atoms with Gasteiger partial charge in [-0.3, -0.25) is 5.84 Å². The lowest BCUT2D eigenvalue weighted by molar-refractivity contribution is -0.0493. The number of rotatable bonds is 4. The summed E-state index contributed by atoms with van der Waals surface area (Å²) < 4.78 is 28.2. The number of alkyl halides is 3. The van der Waals surface area contributed by atoms with Crippen LogP contribution in [0.1, 0.15) is 5.56 Å². The van der Waals surface area contributed by atoms with Crippen molar-refractivity contribution in [2.24, 2.45) is 5.84 Å². The maximum absolute atomic E-state index is 12.0. The molecule has 0 fully saturated rings. The Labute approximate surface area is 88.3 Å². The first-order valence-corrected chi connectivity index (χ1v) is 4.90. The average molecular weight is 267 g/mol. The van der Waals surface area contributed by atoms with Crippen LogP contribution in [0.25, 0.3) is 0 Å². The number of hydrogen-bond donors (Lipinski definition) is 2. The first-order chi connectivity index (χ1) is 6.69. The number of hydrazine groups is 1. The van der Waals surface area contributed by atoms with Crippen LogP contribution in [-0.4, -0.2) is 6.61 Å². The maximum Gasteiger partial charge on any atom is 0.387 e. The molecule has 0 aromatic heterocycles. The van der Waals surface area contributed by atoms with Crippen LogP contribution in [0.4, 0.5) is 14.5 Å². The summed E-state index contributed by atoms with van der Waals surface area (Å²) in [6, 6.07) is 4.80. The molecule has 0 amide bonds. The lowest BCUT2D eigenvalue weighted by Gasteiger charge is -2.12. The third-order valence-corrected chi connectivity index (χ3v) is 2.22. The highest BCUT2D eigenvalue weighted by atomic mass is 79.9. The summed E-state index contributed by atoms with van der Waals surface area (Å²) in [5.41, 5.74) is 3.45. The Kier molecular flexibility index (Phi) is 4.09. The molecule has 0 saturated carbocycles. The van der Waals surface area contributed by atoms with Gasteiger partial charge in [0.25, 0.3) is 0 Å². The number of benzene rings is 1. The normalized spacial score (nSPS) is 10.4. The largest absolute Gasteiger partial charge is 0.433 e. The fourth-order valence-electron chi connectivity index (χ4n) is 1.05. The number of halogens is 3. The molecule has 0 radical (unpaired) electrons. The van der Waals surface area contributed by atoms with Crippen molar-refractivity contribution >= 4 is 21.6 Å². The van der Waals surface area contributed by atoms with Crippen molar-refractivity contribution < 1.29 is 13.5 Å². The summed E-state index contributed by atoms with van der Waals surface area (Å²) in [7, 11) is 0. The van der Waals surface area contributed by atoms with E-state index in [-0.39, 0.29) is 5.75 Å². The van der Waals surface area contributed by atoms with E-state index in [1.807, 2.05) is 0 Å². The predicted molar refractivity (Wildman–Crippen MR) is 53.5 cm³/mol. The van der Waals surface area contributed by atoms with Gasteiger partial charge in [0.1, 0.15) is 0 Å². The van der Waals surface area contributed by atoms with Crippen molar-refractivity contribution in [1.82, 2.24) is 0 Å². The van der Waals surface area contributed by atoms with Gasteiger partial charge in [0.05, 0.1) is 5.69 Å². The van der Waals surface area contributed by atoms with Crippen molar-refractivity contribution in [3.05, 3.63) is 23.8 Å². The smallest absolute Gasteiger partial charge is 0.387 e. The zero-order chi connectivity index (χ0) is 10.6. The summed E-state index contributed by atoms with van der Waals surface area (Å²) >= 11 is 3.21. The Morgan fingerprint density at radius 1 is 1.50 bits per heavy atom. The monoisotopic (exact) mass is 266 g/mol. The average Bonchev–Trinajstić information content (AvgIpc) is 2.16. The Morgan fingerprint density at radius 2 is 2.21 bits per heavy atom. The molecule has 0 unspecified atom stereocenters. The molecule has 0 heterocycles. The van der Waals surface area contributed by atoms with Crippen LogP contribution in [0, 0.1) is 0 Å². The van der Waals surface area contributed by atoms with Gasteiger partial charge in [-0.15, -0.1) is 0 Å². The third kappa shape index (κ3) is 2.55. The van der Waals surface area contributed by atoms with Gasteiger partial charge in [-0.05, 0) is 11.6 Å². The Morgan fingerprint density at radius 3 is 2.71 bits per heavy atom. The third-order valence-electron chi connectivity index (χ3n) is 1.62. The number of nitrogen functional groups attached to an aromatic ring is 1. The number of ether oxygens (including phenoxy) is 1. The second kappa shape index (κ2) is 5.11. The van der Waals surface area contributed by atoms with Crippen molar-refractivity contribution in [2.75, 3.05) is 5.43 Å². The minimum atomic E-state index is -2.85. The van der Waals surface area contributed by atoms with Crippen LogP contribution in [0.5, 0.6) is 5.75 Å². The van der Waals surface area contributed by atoms with E-state index in [1.165, 1.54) is 6.07 Å². The second-order valence-electron chi connectivity index (χ2n) is 2.45. The second-order valence-corrected chi connectivity index (χ2v) is 3.01. The van der Waals surface area contributed by atoms with Crippen molar-refractivity contribution in [1.29, 1.82) is 0 Å². The molecule has 0 aliphatic rings. The molecule has 14 heavy (non-hydrogen) atoms. The fraction of sp³-hybridized carbons (Fsp3) is 0.250. The van der Waals surface area contributed by atoms with Gasteiger partial charge in [-0.2, -0.15) is 8.78 Å². The lowest BCUT2D eigenvalue weighted by Crippen LogP contribution is -2.12. The van der Waals surface area contributed by atoms with E-state index in [0.29, 0.717) is 11.0 Å². The number of anilines is 1. The van der Waals surface area contributed by atoms with E-state index >= 15 is 0 Å². The molecule has 3 N–H and O–H groups in total. The molecule has 0 spiro atoms. The quantitative estimate of drug-likeness (QED) is 0.500. The molecular weight excluding hydrogens is 258 g/mol. The van der Waals surface area contributed by atoms with E-state index in [1.54, 1.807) is 12.1 Å². The van der Waals surface area contributed by atoms with Crippen LogP contribution in [0.3, 0.4) is 0 Å². The number of hydrogen-bond acceptors (Lipinski definition) is 3. The Hall–Kier alpha value is -0.880. The van der Waals surface area contributed by atoms with E-state index < -0.39 is 6.61 Å².